The molecule has 0 aliphatic carbocycles. The monoisotopic (exact) mass is 478 g/mol. The molecule has 2 aromatic carbocycles. The predicted molar refractivity (Wildman–Crippen MR) is 89.0 cm³/mol. The molecule has 0 unspecified atom stereocenters. The molecule has 15 heteroatoms. The number of halogens is 6. The molecule has 0 aromatic heterocycles. The van der Waals surface area contributed by atoms with Crippen LogP contribution in [-0.4, -0.2) is 36.4 Å². The molecule has 0 radical (unpaired) electrons. The first-order valence-corrected chi connectivity index (χ1v) is 12.0. The minimum absolute atomic E-state index is 0.00971. The fourth-order valence-electron chi connectivity index (χ4n) is 2.75. The third-order valence-electron chi connectivity index (χ3n) is 3.87. The summed E-state index contributed by atoms with van der Waals surface area (Å²) in [5.74, 6) is 0. The summed E-state index contributed by atoms with van der Waals surface area (Å²) in [5.41, 5.74) is -12.1. The molecule has 6 nitrogen and oxygen atoms in total. The number of benzene rings is 2. The summed E-state index contributed by atoms with van der Waals surface area (Å²) >= 11 is 0. The van der Waals surface area contributed by atoms with E-state index in [1.807, 2.05) is 0 Å². The maximum absolute atomic E-state index is 13.0. The molecule has 0 N–H and O–H groups in total. The number of hydrogen-bond donors (Lipinski definition) is 0. The van der Waals surface area contributed by atoms with Crippen LogP contribution in [0.25, 0.3) is 11.1 Å². The van der Waals surface area contributed by atoms with Crippen LogP contribution in [0.15, 0.2) is 48.5 Å². The summed E-state index contributed by atoms with van der Waals surface area (Å²) in [6.07, 6.45) is 0. The lowest BCUT2D eigenvalue weighted by Crippen LogP contribution is -2.64. The molecular formula is C14H8F6O6S2Si. The van der Waals surface area contributed by atoms with E-state index in [0.717, 1.165) is 12.1 Å². The molecule has 1 heterocycles. The van der Waals surface area contributed by atoms with Gasteiger partial charge in [-0.1, -0.05) is 48.5 Å². The Labute approximate surface area is 161 Å². The van der Waals surface area contributed by atoms with Gasteiger partial charge in [0.1, 0.15) is 0 Å². The first kappa shape index (κ1) is 21.8. The average Bonchev–Trinajstić information content (AvgIpc) is 2.83. The molecule has 0 bridgehead atoms. The van der Waals surface area contributed by atoms with Crippen molar-refractivity contribution in [1.29, 1.82) is 0 Å². The third kappa shape index (κ3) is 3.46. The van der Waals surface area contributed by atoms with Crippen molar-refractivity contribution in [2.75, 3.05) is 0 Å². The second-order valence-electron chi connectivity index (χ2n) is 5.67. The number of alkyl halides is 6. The Morgan fingerprint density at radius 2 is 0.931 bits per heavy atom. The SMILES string of the molecule is O=S(=O)(O[Si]1(OS(=O)(=O)C(F)(F)F)c2ccccc2-c2ccccc21)C(F)(F)F. The maximum atomic E-state index is 13.0. The fourth-order valence-corrected chi connectivity index (χ4v) is 9.84. The highest BCUT2D eigenvalue weighted by Crippen LogP contribution is 2.37. The third-order valence-corrected chi connectivity index (χ3v) is 10.9. The van der Waals surface area contributed by atoms with Crippen molar-refractivity contribution in [3.05, 3.63) is 48.5 Å². The van der Waals surface area contributed by atoms with Crippen molar-refractivity contribution in [1.82, 2.24) is 0 Å². The van der Waals surface area contributed by atoms with E-state index in [1.165, 1.54) is 36.4 Å². The lowest BCUT2D eigenvalue weighted by atomic mass is 10.1. The quantitative estimate of drug-likeness (QED) is 0.380. The van der Waals surface area contributed by atoms with Gasteiger partial charge in [-0.15, -0.1) is 0 Å². The smallest absolute Gasteiger partial charge is 0.267 e. The molecule has 0 amide bonds. The summed E-state index contributed by atoms with van der Waals surface area (Å²) in [4.78, 5) is 0. The zero-order chi connectivity index (χ0) is 21.9. The van der Waals surface area contributed by atoms with E-state index in [-0.39, 0.29) is 11.1 Å². The zero-order valence-electron chi connectivity index (χ0n) is 13.7. The molecule has 0 fully saturated rings. The molecule has 0 saturated carbocycles. The van der Waals surface area contributed by atoms with E-state index in [4.69, 9.17) is 0 Å². The fraction of sp³-hybridized carbons (Fsp3) is 0.143. The van der Waals surface area contributed by atoms with Crippen molar-refractivity contribution in [3.8, 4) is 11.1 Å². The summed E-state index contributed by atoms with van der Waals surface area (Å²) in [5, 5.41) is -1.05. The lowest BCUT2D eigenvalue weighted by molar-refractivity contribution is -0.0527. The van der Waals surface area contributed by atoms with Crippen LogP contribution in [0, 0.1) is 0 Å². The normalized spacial score (nSPS) is 16.3. The molecule has 1 aliphatic heterocycles. The van der Waals surface area contributed by atoms with Gasteiger partial charge in [0, 0.05) is 10.4 Å². The topological polar surface area (TPSA) is 86.7 Å². The van der Waals surface area contributed by atoms with Crippen molar-refractivity contribution in [2.45, 2.75) is 11.0 Å². The van der Waals surface area contributed by atoms with E-state index in [2.05, 4.69) is 7.74 Å². The van der Waals surface area contributed by atoms with Gasteiger partial charge in [0.15, 0.2) is 0 Å². The van der Waals surface area contributed by atoms with Gasteiger partial charge in [0.25, 0.3) is 0 Å². The van der Waals surface area contributed by atoms with E-state index in [1.54, 1.807) is 0 Å². The van der Waals surface area contributed by atoms with Gasteiger partial charge in [-0.05, 0) is 11.1 Å². The molecular weight excluding hydrogens is 470 g/mol. The van der Waals surface area contributed by atoms with Crippen LogP contribution in [0.1, 0.15) is 0 Å². The molecule has 0 spiro atoms. The zero-order valence-corrected chi connectivity index (χ0v) is 16.3. The lowest BCUT2D eigenvalue weighted by Gasteiger charge is -2.27. The van der Waals surface area contributed by atoms with Gasteiger partial charge >= 0.3 is 39.8 Å². The summed E-state index contributed by atoms with van der Waals surface area (Å²) in [7, 11) is -18.7. The maximum Gasteiger partial charge on any atom is 0.522 e. The van der Waals surface area contributed by atoms with Crippen LogP contribution in [0.4, 0.5) is 26.3 Å². The van der Waals surface area contributed by atoms with E-state index >= 15 is 0 Å². The van der Waals surface area contributed by atoms with Crippen molar-refractivity contribution in [2.24, 2.45) is 0 Å². The molecule has 0 saturated heterocycles. The van der Waals surface area contributed by atoms with Crippen LogP contribution in [0.2, 0.25) is 0 Å². The van der Waals surface area contributed by atoms with Crippen LogP contribution in [-0.2, 0) is 28.0 Å². The molecule has 158 valence electrons. The first-order valence-electron chi connectivity index (χ1n) is 7.36. The van der Waals surface area contributed by atoms with Crippen molar-refractivity contribution < 1.29 is 50.9 Å². The van der Waals surface area contributed by atoms with Gasteiger partial charge in [0.05, 0.1) is 0 Å². The van der Waals surface area contributed by atoms with Gasteiger partial charge in [0.2, 0.25) is 0 Å². The first-order chi connectivity index (χ1) is 13.1. The Bertz CT molecular complexity index is 1080. The number of fused-ring (bicyclic) bond motifs is 3. The van der Waals surface area contributed by atoms with Crippen LogP contribution < -0.4 is 10.4 Å². The second-order valence-corrected chi connectivity index (χ2v) is 12.1. The summed E-state index contributed by atoms with van der Waals surface area (Å²) < 4.78 is 133. The standard InChI is InChI=1S/C14H8F6O6S2Si/c15-13(16,17)27(21,22)25-29(26-28(23,24)14(18,19)20)11-7-3-1-5-9(11)10-6-2-4-8-12(10)29/h1-8H. The van der Waals surface area contributed by atoms with Gasteiger partial charge in [-0.25, -0.2) is 0 Å². The summed E-state index contributed by atoms with van der Waals surface area (Å²) in [6, 6.07) is 9.51. The van der Waals surface area contributed by atoms with E-state index in [0.29, 0.717) is 0 Å². The van der Waals surface area contributed by atoms with Gasteiger partial charge in [-0.2, -0.15) is 43.2 Å². The van der Waals surface area contributed by atoms with Crippen LogP contribution in [0.3, 0.4) is 0 Å². The Kier molecular flexibility index (Phi) is 4.90. The Balaban J connectivity index is 2.37. The molecule has 29 heavy (non-hydrogen) atoms. The summed E-state index contributed by atoms with van der Waals surface area (Å²) in [6.45, 7) is 0. The highest BCUT2D eigenvalue weighted by atomic mass is 32.2. The molecule has 0 atom stereocenters. The Hall–Kier alpha value is -1.94. The minimum atomic E-state index is -6.54. The van der Waals surface area contributed by atoms with E-state index in [9.17, 15) is 43.2 Å². The van der Waals surface area contributed by atoms with Crippen LogP contribution >= 0.6 is 0 Å². The Morgan fingerprint density at radius 1 is 0.621 bits per heavy atom. The van der Waals surface area contributed by atoms with Crippen molar-refractivity contribution in [3.63, 3.8) is 0 Å². The van der Waals surface area contributed by atoms with Crippen molar-refractivity contribution >= 4 is 39.2 Å². The predicted octanol–water partition coefficient (Wildman–Crippen LogP) is 1.96. The molecule has 1 aliphatic rings. The van der Waals surface area contributed by atoms with Crippen LogP contribution in [0.5, 0.6) is 0 Å². The highest BCUT2D eigenvalue weighted by Gasteiger charge is 2.64. The van der Waals surface area contributed by atoms with Gasteiger partial charge in [-0.3, -0.25) is 7.74 Å². The number of hydrogen-bond acceptors (Lipinski definition) is 6. The molecule has 3 rings (SSSR count). The number of rotatable bonds is 4. The second kappa shape index (κ2) is 6.53. The largest absolute Gasteiger partial charge is 0.522 e. The van der Waals surface area contributed by atoms with Gasteiger partial charge < -0.3 is 0 Å². The highest BCUT2D eigenvalue weighted by molar-refractivity contribution is 7.90. The molecule has 2 aromatic rings. The minimum Gasteiger partial charge on any atom is -0.267 e. The average molecular weight is 478 g/mol. The van der Waals surface area contributed by atoms with E-state index < -0.39 is 50.2 Å². The Morgan fingerprint density at radius 3 is 1.24 bits per heavy atom.